The lowest BCUT2D eigenvalue weighted by molar-refractivity contribution is 0.416. The highest BCUT2D eigenvalue weighted by atomic mass is 19.1. The fourth-order valence-corrected chi connectivity index (χ4v) is 1.52. The van der Waals surface area contributed by atoms with E-state index >= 15 is 0 Å². The normalized spacial score (nSPS) is 25.1. The molecular formula is C11H15FN6. The Kier molecular flexibility index (Phi) is 3.24. The van der Waals surface area contributed by atoms with E-state index in [2.05, 4.69) is 25.6 Å². The number of nitrogens with zero attached hydrogens (tertiary/aromatic N) is 3. The van der Waals surface area contributed by atoms with Crippen molar-refractivity contribution in [2.75, 3.05) is 0 Å². The first-order chi connectivity index (χ1) is 8.49. The van der Waals surface area contributed by atoms with E-state index in [9.17, 15) is 4.39 Å². The molecule has 1 unspecified atom stereocenters. The fourth-order valence-electron chi connectivity index (χ4n) is 1.52. The minimum Gasteiger partial charge on any atom is -0.317 e. The Bertz CT molecular complexity index is 481. The Labute approximate surface area is 104 Å². The molecule has 2 rings (SSSR count). The van der Waals surface area contributed by atoms with Gasteiger partial charge >= 0.3 is 0 Å². The van der Waals surface area contributed by atoms with E-state index in [0.717, 1.165) is 0 Å². The number of rotatable bonds is 2. The van der Waals surface area contributed by atoms with E-state index in [-0.39, 0.29) is 6.04 Å². The van der Waals surface area contributed by atoms with Gasteiger partial charge in [0.1, 0.15) is 0 Å². The van der Waals surface area contributed by atoms with Crippen LogP contribution in [0, 0.1) is 5.95 Å². The van der Waals surface area contributed by atoms with Crippen molar-refractivity contribution >= 4 is 12.3 Å². The molecule has 0 radical (unpaired) electrons. The van der Waals surface area contributed by atoms with E-state index in [1.54, 1.807) is 0 Å². The third-order valence-electron chi connectivity index (χ3n) is 2.33. The summed E-state index contributed by atoms with van der Waals surface area (Å²) in [5.74, 6) is -1.22. The Balaban J connectivity index is 2.28. The van der Waals surface area contributed by atoms with Crippen LogP contribution in [0.25, 0.3) is 0 Å². The number of pyridine rings is 1. The molecular weight excluding hydrogens is 235 g/mol. The minimum absolute atomic E-state index is 0.113. The van der Waals surface area contributed by atoms with Crippen LogP contribution in [-0.4, -0.2) is 23.3 Å². The Hall–Kier alpha value is -2.02. The van der Waals surface area contributed by atoms with Gasteiger partial charge in [0.2, 0.25) is 11.7 Å². The number of halogens is 1. The van der Waals surface area contributed by atoms with E-state index in [1.165, 1.54) is 24.7 Å². The zero-order valence-electron chi connectivity index (χ0n) is 10.2. The predicted molar refractivity (Wildman–Crippen MR) is 67.4 cm³/mol. The van der Waals surface area contributed by atoms with Crippen LogP contribution in [0.15, 0.2) is 28.3 Å². The largest absolute Gasteiger partial charge is 0.317 e. The second-order valence-electron chi connectivity index (χ2n) is 4.23. The number of guanidine groups is 1. The van der Waals surface area contributed by atoms with Gasteiger partial charge in [-0.1, -0.05) is 0 Å². The highest BCUT2D eigenvalue weighted by molar-refractivity contribution is 5.92. The molecule has 0 aromatic carbocycles. The van der Waals surface area contributed by atoms with Gasteiger partial charge in [-0.25, -0.2) is 9.98 Å². The number of hydrogen-bond donors (Lipinski definition) is 3. The molecule has 18 heavy (non-hydrogen) atoms. The summed E-state index contributed by atoms with van der Waals surface area (Å²) in [6, 6.07) is 2.88. The second kappa shape index (κ2) is 4.69. The number of hydrogen-bond acceptors (Lipinski definition) is 4. The molecule has 1 aromatic rings. The van der Waals surface area contributed by atoms with Crippen LogP contribution in [0.4, 0.5) is 4.39 Å². The molecule has 0 saturated heterocycles. The molecule has 1 atom stereocenters. The van der Waals surface area contributed by atoms with Crippen molar-refractivity contribution in [3.63, 3.8) is 0 Å². The molecule has 1 aliphatic rings. The molecule has 6 nitrogen and oxygen atoms in total. The van der Waals surface area contributed by atoms with E-state index in [1.807, 2.05) is 13.8 Å². The summed E-state index contributed by atoms with van der Waals surface area (Å²) < 4.78 is 12.8. The average Bonchev–Trinajstić information content (AvgIpc) is 2.28. The van der Waals surface area contributed by atoms with Crippen LogP contribution in [0.1, 0.15) is 19.4 Å². The van der Waals surface area contributed by atoms with Crippen LogP contribution in [0.3, 0.4) is 0 Å². The van der Waals surface area contributed by atoms with E-state index in [4.69, 9.17) is 5.73 Å². The van der Waals surface area contributed by atoms with Gasteiger partial charge < -0.3 is 10.6 Å². The number of nitrogens with two attached hydrogens (primary N) is 1. The quantitative estimate of drug-likeness (QED) is 0.658. The van der Waals surface area contributed by atoms with Crippen molar-refractivity contribution in [1.82, 2.24) is 15.6 Å². The van der Waals surface area contributed by atoms with Gasteiger partial charge in [0, 0.05) is 17.8 Å². The molecule has 0 bridgehead atoms. The summed E-state index contributed by atoms with van der Waals surface area (Å²) in [7, 11) is 0. The molecule has 1 aliphatic heterocycles. The fraction of sp³-hybridized carbons (Fsp3) is 0.364. The molecule has 0 amide bonds. The van der Waals surface area contributed by atoms with Crippen molar-refractivity contribution in [3.05, 3.63) is 29.8 Å². The van der Waals surface area contributed by atoms with Crippen molar-refractivity contribution < 1.29 is 4.39 Å². The maximum Gasteiger partial charge on any atom is 0.214 e. The van der Waals surface area contributed by atoms with E-state index in [0.29, 0.717) is 11.5 Å². The van der Waals surface area contributed by atoms with Crippen LogP contribution in [0.2, 0.25) is 0 Å². The summed E-state index contributed by atoms with van der Waals surface area (Å²) in [5, 5.41) is 5.81. The van der Waals surface area contributed by atoms with Crippen molar-refractivity contribution in [1.29, 1.82) is 0 Å². The highest BCUT2D eigenvalue weighted by Crippen LogP contribution is 2.17. The third-order valence-corrected chi connectivity index (χ3v) is 2.33. The summed E-state index contributed by atoms with van der Waals surface area (Å²) in [5.41, 5.74) is 6.66. The Morgan fingerprint density at radius 1 is 1.44 bits per heavy atom. The maximum atomic E-state index is 12.8. The molecule has 4 N–H and O–H groups in total. The van der Waals surface area contributed by atoms with Gasteiger partial charge in [-0.05, 0) is 26.0 Å². The molecule has 7 heteroatoms. The predicted octanol–water partition coefficient (Wildman–Crippen LogP) is 0.275. The van der Waals surface area contributed by atoms with Gasteiger partial charge in [-0.2, -0.15) is 4.39 Å². The number of aromatic nitrogens is 1. The van der Waals surface area contributed by atoms with Crippen LogP contribution in [-0.2, 0) is 5.79 Å². The highest BCUT2D eigenvalue weighted by Gasteiger charge is 2.30. The number of nitrogens with one attached hydrogen (secondary N) is 2. The maximum absolute atomic E-state index is 12.8. The minimum atomic E-state index is -1.18. The first-order valence-electron chi connectivity index (χ1n) is 5.57. The zero-order chi connectivity index (χ0) is 13.2. The molecule has 0 aliphatic carbocycles. The first kappa shape index (κ1) is 12.4. The summed E-state index contributed by atoms with van der Waals surface area (Å²) in [6.07, 6.45) is 2.80. The summed E-state index contributed by atoms with van der Waals surface area (Å²) in [4.78, 5) is 12.0. The summed E-state index contributed by atoms with van der Waals surface area (Å²) >= 11 is 0. The van der Waals surface area contributed by atoms with Crippen LogP contribution >= 0.6 is 0 Å². The zero-order valence-corrected chi connectivity index (χ0v) is 10.2. The van der Waals surface area contributed by atoms with Gasteiger partial charge in [0.05, 0.1) is 6.34 Å². The summed E-state index contributed by atoms with van der Waals surface area (Å²) in [6.45, 7) is 3.89. The van der Waals surface area contributed by atoms with Gasteiger partial charge in [-0.15, -0.1) is 0 Å². The van der Waals surface area contributed by atoms with Crippen molar-refractivity contribution in [3.8, 4) is 0 Å². The second-order valence-corrected chi connectivity index (χ2v) is 4.23. The Morgan fingerprint density at radius 2 is 2.22 bits per heavy atom. The SMILES string of the molecule is CC(C)N=C1NC=NC(N)(c2ccc(F)nc2)N1. The number of aliphatic imine (C=N–C) groups is 2. The van der Waals surface area contributed by atoms with Crippen molar-refractivity contribution in [2.24, 2.45) is 15.7 Å². The van der Waals surface area contributed by atoms with Crippen LogP contribution in [0.5, 0.6) is 0 Å². The lowest BCUT2D eigenvalue weighted by Gasteiger charge is -2.31. The topological polar surface area (TPSA) is 87.7 Å². The van der Waals surface area contributed by atoms with Crippen LogP contribution < -0.4 is 16.4 Å². The third kappa shape index (κ3) is 2.62. The lowest BCUT2D eigenvalue weighted by Crippen LogP contribution is -2.59. The van der Waals surface area contributed by atoms with Gasteiger partial charge in [0.15, 0.2) is 5.96 Å². The van der Waals surface area contributed by atoms with E-state index < -0.39 is 11.7 Å². The lowest BCUT2D eigenvalue weighted by atomic mass is 10.1. The molecule has 1 aromatic heterocycles. The first-order valence-corrected chi connectivity index (χ1v) is 5.57. The average molecular weight is 250 g/mol. The monoisotopic (exact) mass is 250 g/mol. The Morgan fingerprint density at radius 3 is 2.83 bits per heavy atom. The molecule has 96 valence electrons. The molecule has 0 saturated carbocycles. The van der Waals surface area contributed by atoms with Crippen molar-refractivity contribution in [2.45, 2.75) is 25.7 Å². The molecule has 0 spiro atoms. The van der Waals surface area contributed by atoms with Gasteiger partial charge in [0.25, 0.3) is 0 Å². The smallest absolute Gasteiger partial charge is 0.214 e. The standard InChI is InChI=1S/C11H15FN6/c1-7(2)17-10-15-6-16-11(13,18-10)8-3-4-9(12)14-5-8/h3-7H,13H2,1-2H3,(H2,15,16,17,18). The molecule has 0 fully saturated rings. The van der Waals surface area contributed by atoms with Gasteiger partial charge in [-0.3, -0.25) is 10.7 Å². The molecule has 2 heterocycles.